The molecule has 0 amide bonds. The van der Waals surface area contributed by atoms with Crippen LogP contribution in [0.15, 0.2) is 0 Å². The van der Waals surface area contributed by atoms with Crippen LogP contribution < -0.4 is 0 Å². The van der Waals surface area contributed by atoms with Crippen LogP contribution in [0.4, 0.5) is 0 Å². The molecule has 0 heterocycles. The Balaban J connectivity index is 3.60. The number of rotatable bonds is 2. The van der Waals surface area contributed by atoms with E-state index in [9.17, 15) is 7.61 Å². The summed E-state index contributed by atoms with van der Waals surface area (Å²) in [7, 11) is 0. The summed E-state index contributed by atoms with van der Waals surface area (Å²) < 4.78 is 30.9. The maximum absolute atomic E-state index is 9.64. The van der Waals surface area contributed by atoms with Crippen LogP contribution in [-0.2, 0) is 25.0 Å². The Morgan fingerprint density at radius 2 is 2.14 bits per heavy atom. The molecule has 0 aliphatic rings. The van der Waals surface area contributed by atoms with E-state index in [0.29, 0.717) is 0 Å². The predicted octanol–water partition coefficient (Wildman–Crippen LogP) is -0.310. The average molecular weight is 146 g/mol. The van der Waals surface area contributed by atoms with E-state index in [2.05, 4.69) is 3.79 Å². The summed E-state index contributed by atoms with van der Waals surface area (Å²) in [6, 6.07) is 0. The summed E-state index contributed by atoms with van der Waals surface area (Å²) >= 11 is -4.81. The fourth-order valence-corrected chi connectivity index (χ4v) is 0.614. The van der Waals surface area contributed by atoms with E-state index in [1.807, 2.05) is 0 Å². The molecule has 4 nitrogen and oxygen atoms in total. The van der Waals surface area contributed by atoms with Crippen molar-refractivity contribution in [3.8, 4) is 0 Å². The molecule has 0 bridgehead atoms. The first kappa shape index (κ1) is 7.05. The van der Waals surface area contributed by atoms with Gasteiger partial charge in [0.05, 0.1) is 0 Å². The van der Waals surface area contributed by atoms with E-state index in [4.69, 9.17) is 4.16 Å². The number of hydrogen-bond acceptors (Lipinski definition) is 3. The van der Waals surface area contributed by atoms with Crippen LogP contribution in [0.2, 0.25) is 0 Å². The van der Waals surface area contributed by atoms with E-state index in [1.165, 1.54) is 6.92 Å². The SMILES string of the molecule is CC[O][Cr](=[O])(=[O])[OH]. The Bertz CT molecular complexity index is 123. The molecule has 7 heavy (non-hydrogen) atoms. The molecule has 0 saturated carbocycles. The first-order valence-electron chi connectivity index (χ1n) is 1.68. The van der Waals surface area contributed by atoms with Crippen molar-refractivity contribution in [1.82, 2.24) is 0 Å². The molecular formula is C2H6CrO4. The molecule has 0 atom stereocenters. The van der Waals surface area contributed by atoms with Gasteiger partial charge in [0, 0.05) is 0 Å². The zero-order valence-electron chi connectivity index (χ0n) is 3.79. The first-order chi connectivity index (χ1) is 3.06. The zero-order valence-corrected chi connectivity index (χ0v) is 5.06. The second kappa shape index (κ2) is 2.38. The van der Waals surface area contributed by atoms with Crippen molar-refractivity contribution < 1.29 is 29.2 Å². The van der Waals surface area contributed by atoms with Gasteiger partial charge in [0.15, 0.2) is 0 Å². The van der Waals surface area contributed by atoms with Crippen LogP contribution >= 0.6 is 0 Å². The molecule has 0 aromatic rings. The van der Waals surface area contributed by atoms with Crippen molar-refractivity contribution in [1.29, 1.82) is 0 Å². The summed E-state index contributed by atoms with van der Waals surface area (Å²) in [5.74, 6) is 0. The van der Waals surface area contributed by atoms with Crippen molar-refractivity contribution in [2.24, 2.45) is 0 Å². The molecule has 0 aromatic heterocycles. The molecule has 0 radical (unpaired) electrons. The minimum atomic E-state index is -4.81. The van der Waals surface area contributed by atoms with Gasteiger partial charge in [-0.05, 0) is 0 Å². The average Bonchev–Trinajstić information content (AvgIpc) is 1.30. The Labute approximate surface area is 43.5 Å². The molecule has 0 spiro atoms. The van der Waals surface area contributed by atoms with Crippen LogP contribution in [0.1, 0.15) is 6.92 Å². The Kier molecular flexibility index (Phi) is 2.40. The third-order valence-electron chi connectivity index (χ3n) is 0.267. The number of hydrogen-bond donors (Lipinski definition) is 1. The van der Waals surface area contributed by atoms with E-state index >= 15 is 0 Å². The molecule has 0 rings (SSSR count). The van der Waals surface area contributed by atoms with Crippen LogP contribution in [0.5, 0.6) is 0 Å². The van der Waals surface area contributed by atoms with Crippen molar-refractivity contribution >= 4 is 0 Å². The molecule has 1 N–H and O–H groups in total. The first-order valence-corrected chi connectivity index (χ1v) is 3.81. The Morgan fingerprint density at radius 3 is 2.14 bits per heavy atom. The van der Waals surface area contributed by atoms with Gasteiger partial charge in [-0.2, -0.15) is 0 Å². The van der Waals surface area contributed by atoms with Gasteiger partial charge in [-0.25, -0.2) is 0 Å². The van der Waals surface area contributed by atoms with Crippen LogP contribution in [0.3, 0.4) is 0 Å². The van der Waals surface area contributed by atoms with E-state index in [0.717, 1.165) is 0 Å². The van der Waals surface area contributed by atoms with Crippen LogP contribution in [-0.4, -0.2) is 10.8 Å². The topological polar surface area (TPSA) is 63.6 Å². The second-order valence-corrected chi connectivity index (χ2v) is 2.54. The van der Waals surface area contributed by atoms with Gasteiger partial charge in [0.25, 0.3) is 0 Å². The minimum absolute atomic E-state index is 0.00347. The molecule has 0 unspecified atom stereocenters. The predicted molar refractivity (Wildman–Crippen MR) is 15.2 cm³/mol. The molecular weight excluding hydrogens is 140 g/mol. The summed E-state index contributed by atoms with van der Waals surface area (Å²) in [5.41, 5.74) is 0. The fraction of sp³-hybridized carbons (Fsp3) is 1.00. The van der Waals surface area contributed by atoms with E-state index < -0.39 is 13.6 Å². The van der Waals surface area contributed by atoms with E-state index in [-0.39, 0.29) is 6.61 Å². The zero-order chi connectivity index (χ0) is 5.91. The van der Waals surface area contributed by atoms with Crippen molar-refractivity contribution in [3.05, 3.63) is 0 Å². The van der Waals surface area contributed by atoms with Gasteiger partial charge >= 0.3 is 42.7 Å². The molecule has 44 valence electrons. The molecule has 0 aromatic carbocycles. The van der Waals surface area contributed by atoms with Crippen molar-refractivity contribution in [3.63, 3.8) is 0 Å². The second-order valence-electron chi connectivity index (χ2n) is 0.834. The van der Waals surface area contributed by atoms with Gasteiger partial charge < -0.3 is 0 Å². The fourth-order valence-electron chi connectivity index (χ4n) is 0.149. The standard InChI is InChI=1S/C2H5O.Cr.H2O.2O/c1-2-3;;;;/h2H2,1H3;;1H2;;/q-1;+2;;;/p-1. The Hall–Kier alpha value is 0.0525. The molecule has 0 aliphatic heterocycles. The van der Waals surface area contributed by atoms with Crippen molar-refractivity contribution in [2.75, 3.05) is 6.61 Å². The normalized spacial score (nSPS) is 11.7. The summed E-state index contributed by atoms with van der Waals surface area (Å²) in [6.45, 7) is 1.49. The summed E-state index contributed by atoms with van der Waals surface area (Å²) in [5, 5.41) is 0. The Morgan fingerprint density at radius 1 is 1.71 bits per heavy atom. The molecule has 5 heteroatoms. The van der Waals surface area contributed by atoms with Crippen molar-refractivity contribution in [2.45, 2.75) is 6.92 Å². The monoisotopic (exact) mass is 146 g/mol. The molecule has 0 aliphatic carbocycles. The third kappa shape index (κ3) is 6.05. The van der Waals surface area contributed by atoms with E-state index in [1.54, 1.807) is 0 Å². The third-order valence-corrected chi connectivity index (χ3v) is 1.10. The van der Waals surface area contributed by atoms with Gasteiger partial charge in [-0.15, -0.1) is 0 Å². The van der Waals surface area contributed by atoms with Crippen LogP contribution in [0.25, 0.3) is 0 Å². The van der Waals surface area contributed by atoms with Crippen LogP contribution in [0, 0.1) is 0 Å². The van der Waals surface area contributed by atoms with Gasteiger partial charge in [0.2, 0.25) is 0 Å². The molecule has 0 fully saturated rings. The van der Waals surface area contributed by atoms with Gasteiger partial charge in [0.1, 0.15) is 0 Å². The quantitative estimate of drug-likeness (QED) is 0.580. The molecule has 0 saturated heterocycles. The maximum atomic E-state index is 9.64. The summed E-state index contributed by atoms with van der Waals surface area (Å²) in [6.07, 6.45) is 0. The van der Waals surface area contributed by atoms with Gasteiger partial charge in [-0.3, -0.25) is 0 Å². The summed E-state index contributed by atoms with van der Waals surface area (Å²) in [4.78, 5) is 0. The van der Waals surface area contributed by atoms with Gasteiger partial charge in [-0.1, -0.05) is 0 Å².